The fourth-order valence-corrected chi connectivity index (χ4v) is 4.61. The normalized spacial score (nSPS) is 13.3. The minimum Gasteiger partial charge on any atom is -0.374 e. The molecule has 1 heterocycles. The Hall–Kier alpha value is -0.293. The van der Waals surface area contributed by atoms with Crippen molar-refractivity contribution in [1.29, 1.82) is 0 Å². The second-order valence-corrected chi connectivity index (χ2v) is 12.4. The number of benzene rings is 1. The molecular weight excluding hydrogens is 337 g/mol. The molecule has 0 unspecified atom stereocenters. The molecular formula is C14H20INSi. The Morgan fingerprint density at radius 2 is 1.76 bits per heavy atom. The van der Waals surface area contributed by atoms with Crippen LogP contribution in [0.25, 0.3) is 10.9 Å². The Kier molecular flexibility index (Phi) is 3.19. The Labute approximate surface area is 118 Å². The average molecular weight is 357 g/mol. The minimum atomic E-state index is -1.50. The van der Waals surface area contributed by atoms with E-state index in [0.717, 1.165) is 0 Å². The molecule has 0 amide bonds. The molecule has 0 N–H and O–H groups in total. The summed E-state index contributed by atoms with van der Waals surface area (Å²) in [5.41, 5.74) is 1.39. The van der Waals surface area contributed by atoms with E-state index in [1.165, 1.54) is 14.5 Å². The molecule has 0 saturated carbocycles. The summed E-state index contributed by atoms with van der Waals surface area (Å²) in [4.78, 5) is 0. The molecule has 0 aliphatic carbocycles. The smallest absolute Gasteiger partial charge is 0.161 e. The van der Waals surface area contributed by atoms with E-state index in [9.17, 15) is 0 Å². The van der Waals surface area contributed by atoms with Crippen molar-refractivity contribution >= 4 is 41.7 Å². The lowest BCUT2D eigenvalue weighted by Crippen LogP contribution is -2.44. The van der Waals surface area contributed by atoms with E-state index < -0.39 is 8.24 Å². The Balaban J connectivity index is 2.69. The molecule has 0 spiro atoms. The highest BCUT2D eigenvalue weighted by Gasteiger charge is 2.38. The fourth-order valence-electron chi connectivity index (χ4n) is 1.98. The van der Waals surface area contributed by atoms with Gasteiger partial charge in [0.1, 0.15) is 0 Å². The van der Waals surface area contributed by atoms with Gasteiger partial charge in [-0.2, -0.15) is 0 Å². The zero-order chi connectivity index (χ0) is 12.8. The molecule has 17 heavy (non-hydrogen) atoms. The largest absolute Gasteiger partial charge is 0.374 e. The second-order valence-electron chi connectivity index (χ2n) is 6.17. The van der Waals surface area contributed by atoms with Crippen LogP contribution in [0.2, 0.25) is 18.1 Å². The van der Waals surface area contributed by atoms with E-state index in [4.69, 9.17) is 0 Å². The van der Waals surface area contributed by atoms with Crippen molar-refractivity contribution in [3.05, 3.63) is 34.0 Å². The molecule has 0 saturated heterocycles. The van der Waals surface area contributed by atoms with Crippen LogP contribution in [0.5, 0.6) is 0 Å². The Morgan fingerprint density at radius 1 is 1.12 bits per heavy atom. The van der Waals surface area contributed by atoms with Gasteiger partial charge in [0.25, 0.3) is 0 Å². The van der Waals surface area contributed by atoms with Gasteiger partial charge in [0, 0.05) is 14.5 Å². The summed E-state index contributed by atoms with van der Waals surface area (Å²) in [6.07, 6.45) is 2.28. The van der Waals surface area contributed by atoms with Crippen molar-refractivity contribution in [2.24, 2.45) is 0 Å². The van der Waals surface area contributed by atoms with Crippen LogP contribution in [0, 0.1) is 3.57 Å². The van der Waals surface area contributed by atoms with Crippen molar-refractivity contribution in [3.63, 3.8) is 0 Å². The third kappa shape index (κ3) is 2.08. The van der Waals surface area contributed by atoms with E-state index in [1.807, 2.05) is 0 Å². The highest BCUT2D eigenvalue weighted by Crippen LogP contribution is 2.39. The molecule has 0 radical (unpaired) electrons. The maximum atomic E-state index is 2.55. The standard InChI is InChI=1S/C14H20INSi/c1-14(2,3)17(4,5)16-10-9-11-12(15)7-6-8-13(11)16/h6-10H,1-5H3. The van der Waals surface area contributed by atoms with Crippen LogP contribution < -0.4 is 0 Å². The third-order valence-electron chi connectivity index (χ3n) is 4.12. The van der Waals surface area contributed by atoms with Crippen molar-refractivity contribution in [3.8, 4) is 0 Å². The molecule has 1 nitrogen and oxygen atoms in total. The van der Waals surface area contributed by atoms with Crippen LogP contribution >= 0.6 is 22.6 Å². The average Bonchev–Trinajstić information content (AvgIpc) is 2.61. The highest BCUT2D eigenvalue weighted by atomic mass is 127. The monoisotopic (exact) mass is 357 g/mol. The molecule has 3 heteroatoms. The van der Waals surface area contributed by atoms with Crippen LogP contribution in [-0.4, -0.2) is 12.5 Å². The van der Waals surface area contributed by atoms with Crippen LogP contribution in [0.1, 0.15) is 20.8 Å². The van der Waals surface area contributed by atoms with Gasteiger partial charge in [0.15, 0.2) is 8.24 Å². The van der Waals surface area contributed by atoms with Crippen LogP contribution in [0.15, 0.2) is 30.5 Å². The lowest BCUT2D eigenvalue weighted by molar-refractivity contribution is 0.703. The zero-order valence-electron chi connectivity index (χ0n) is 11.2. The molecule has 0 bridgehead atoms. The van der Waals surface area contributed by atoms with Gasteiger partial charge in [-0.15, -0.1) is 0 Å². The predicted molar refractivity (Wildman–Crippen MR) is 87.3 cm³/mol. The molecule has 2 rings (SSSR count). The number of hydrogen-bond donors (Lipinski definition) is 0. The number of hydrogen-bond acceptors (Lipinski definition) is 0. The Bertz CT molecular complexity index is 549. The summed E-state index contributed by atoms with van der Waals surface area (Å²) in [7, 11) is -1.50. The number of halogens is 1. The maximum absolute atomic E-state index is 2.55. The van der Waals surface area contributed by atoms with E-state index in [2.05, 4.69) is 91.2 Å². The first kappa shape index (κ1) is 13.1. The maximum Gasteiger partial charge on any atom is 0.161 e. The van der Waals surface area contributed by atoms with Gasteiger partial charge >= 0.3 is 0 Å². The van der Waals surface area contributed by atoms with Crippen molar-refractivity contribution in [1.82, 2.24) is 4.23 Å². The first-order chi connectivity index (χ1) is 7.75. The quantitative estimate of drug-likeness (QED) is 0.494. The Morgan fingerprint density at radius 3 is 2.35 bits per heavy atom. The van der Waals surface area contributed by atoms with Crippen LogP contribution in [-0.2, 0) is 0 Å². The second kappa shape index (κ2) is 4.12. The van der Waals surface area contributed by atoms with Crippen LogP contribution in [0.4, 0.5) is 0 Å². The van der Waals surface area contributed by atoms with Gasteiger partial charge in [0.05, 0.1) is 0 Å². The first-order valence-corrected chi connectivity index (χ1v) is 10.0. The van der Waals surface area contributed by atoms with Crippen molar-refractivity contribution < 1.29 is 0 Å². The summed E-state index contributed by atoms with van der Waals surface area (Å²) in [6.45, 7) is 12.0. The number of nitrogens with zero attached hydrogens (tertiary/aromatic N) is 1. The lowest BCUT2D eigenvalue weighted by atomic mass is 10.2. The zero-order valence-corrected chi connectivity index (χ0v) is 14.4. The number of aromatic nitrogens is 1. The molecule has 0 atom stereocenters. The van der Waals surface area contributed by atoms with Crippen molar-refractivity contribution in [2.45, 2.75) is 38.9 Å². The predicted octanol–water partition coefficient (Wildman–Crippen LogP) is 5.10. The molecule has 0 aliphatic heterocycles. The molecule has 1 aromatic carbocycles. The molecule has 0 fully saturated rings. The van der Waals surface area contributed by atoms with Gasteiger partial charge < -0.3 is 4.23 Å². The summed E-state index contributed by atoms with van der Waals surface area (Å²) >= 11 is 2.42. The van der Waals surface area contributed by atoms with Gasteiger partial charge in [0.2, 0.25) is 0 Å². The first-order valence-electron chi connectivity index (χ1n) is 6.01. The van der Waals surface area contributed by atoms with E-state index in [1.54, 1.807) is 0 Å². The summed E-state index contributed by atoms with van der Waals surface area (Å²) < 4.78 is 3.89. The molecule has 1 aromatic heterocycles. The molecule has 2 aromatic rings. The van der Waals surface area contributed by atoms with E-state index in [0.29, 0.717) is 5.04 Å². The van der Waals surface area contributed by atoms with Gasteiger partial charge in [-0.05, 0) is 52.0 Å². The fraction of sp³-hybridized carbons (Fsp3) is 0.429. The lowest BCUT2D eigenvalue weighted by Gasteiger charge is -2.38. The van der Waals surface area contributed by atoms with Gasteiger partial charge in [-0.3, -0.25) is 0 Å². The molecule has 92 valence electrons. The van der Waals surface area contributed by atoms with E-state index >= 15 is 0 Å². The van der Waals surface area contributed by atoms with Gasteiger partial charge in [-0.25, -0.2) is 0 Å². The number of fused-ring (bicyclic) bond motifs is 1. The number of rotatable bonds is 1. The summed E-state index contributed by atoms with van der Waals surface area (Å²) in [5, 5.41) is 1.75. The van der Waals surface area contributed by atoms with Crippen molar-refractivity contribution in [2.75, 3.05) is 0 Å². The molecule has 0 aliphatic rings. The van der Waals surface area contributed by atoms with E-state index in [-0.39, 0.29) is 0 Å². The summed E-state index contributed by atoms with van der Waals surface area (Å²) in [5.74, 6) is 0. The summed E-state index contributed by atoms with van der Waals surface area (Å²) in [6, 6.07) is 8.85. The van der Waals surface area contributed by atoms with Crippen LogP contribution in [0.3, 0.4) is 0 Å². The third-order valence-corrected chi connectivity index (χ3v) is 10.3. The SMILES string of the molecule is CC(C)(C)[Si](C)(C)n1ccc2c(I)cccc21. The minimum absolute atomic E-state index is 0.361. The van der Waals surface area contributed by atoms with Gasteiger partial charge in [-0.1, -0.05) is 39.9 Å². The topological polar surface area (TPSA) is 4.93 Å². The highest BCUT2D eigenvalue weighted by molar-refractivity contribution is 14.1.